The largest absolute Gasteiger partial charge is 0.490 e. The van der Waals surface area contributed by atoms with Gasteiger partial charge in [-0.05, 0) is 37.0 Å². The molecule has 0 aromatic heterocycles. The Kier molecular flexibility index (Phi) is 32.5. The molecule has 1 aromatic rings. The first-order chi connectivity index (χ1) is 23.3. The lowest BCUT2D eigenvalue weighted by Crippen LogP contribution is -2.07. The van der Waals surface area contributed by atoms with Gasteiger partial charge in [0.2, 0.25) is 5.75 Å². The third-order valence-electron chi connectivity index (χ3n) is 9.49. The molecule has 47 heavy (non-hydrogen) atoms. The number of benzene rings is 1. The molecule has 3 nitrogen and oxygen atoms in total. The van der Waals surface area contributed by atoms with E-state index in [1.807, 2.05) is 0 Å². The van der Waals surface area contributed by atoms with Gasteiger partial charge in [0, 0.05) is 5.88 Å². The minimum absolute atomic E-state index is 0.446. The number of alkyl halides is 1. The average molecular weight is 680 g/mol. The minimum atomic E-state index is 0.446. The maximum absolute atomic E-state index is 6.45. The molecule has 0 N–H and O–H groups in total. The Morgan fingerprint density at radius 2 is 0.617 bits per heavy atom. The number of halogens is 1. The number of hydrogen-bond acceptors (Lipinski definition) is 3. The number of hydrogen-bond donors (Lipinski definition) is 0. The van der Waals surface area contributed by atoms with Gasteiger partial charge in [-0.3, -0.25) is 0 Å². The zero-order valence-electron chi connectivity index (χ0n) is 31.8. The van der Waals surface area contributed by atoms with Gasteiger partial charge < -0.3 is 14.2 Å². The molecule has 0 amide bonds. The van der Waals surface area contributed by atoms with Crippen molar-refractivity contribution < 1.29 is 14.2 Å². The fourth-order valence-corrected chi connectivity index (χ4v) is 6.53. The molecule has 0 aliphatic carbocycles. The quantitative estimate of drug-likeness (QED) is 0.0518. The summed E-state index contributed by atoms with van der Waals surface area (Å²) in [6, 6.07) is 4.15. The van der Waals surface area contributed by atoms with Gasteiger partial charge in [-0.1, -0.05) is 194 Å². The minimum Gasteiger partial charge on any atom is -0.490 e. The Hall–Kier alpha value is -1.09. The smallest absolute Gasteiger partial charge is 0.203 e. The van der Waals surface area contributed by atoms with Crippen LogP contribution < -0.4 is 14.2 Å². The van der Waals surface area contributed by atoms with Crippen LogP contribution in [0.1, 0.15) is 219 Å². The predicted octanol–water partition coefficient (Wildman–Crippen LogP) is 15.3. The zero-order chi connectivity index (χ0) is 33.9. The Morgan fingerprint density at radius 3 is 0.894 bits per heavy atom. The molecule has 0 bridgehead atoms. The van der Waals surface area contributed by atoms with Gasteiger partial charge in [0.25, 0.3) is 0 Å². The first-order valence-electron chi connectivity index (χ1n) is 20.9. The topological polar surface area (TPSA) is 27.7 Å². The Bertz CT molecular complexity index is 735. The summed E-state index contributed by atoms with van der Waals surface area (Å²) in [7, 11) is 0. The predicted molar refractivity (Wildman–Crippen MR) is 208 cm³/mol. The van der Waals surface area contributed by atoms with Gasteiger partial charge in [0.05, 0.1) is 19.8 Å². The second kappa shape index (κ2) is 34.8. The van der Waals surface area contributed by atoms with E-state index in [0.717, 1.165) is 55.3 Å². The SMILES string of the molecule is CCCCCCCCCCCCOc1cc(CCl)cc(OCCCCCCCCCCCC)c1OCCCCCCCCCCCC. The van der Waals surface area contributed by atoms with Crippen LogP contribution in [0.15, 0.2) is 12.1 Å². The monoisotopic (exact) mass is 679 g/mol. The van der Waals surface area contributed by atoms with Crippen LogP contribution in [-0.4, -0.2) is 19.8 Å². The van der Waals surface area contributed by atoms with Gasteiger partial charge in [-0.15, -0.1) is 11.6 Å². The van der Waals surface area contributed by atoms with E-state index in [9.17, 15) is 0 Å². The Labute approximate surface area is 299 Å². The number of unbranched alkanes of at least 4 members (excludes halogenated alkanes) is 27. The van der Waals surface area contributed by atoms with Crippen LogP contribution in [0.5, 0.6) is 17.2 Å². The van der Waals surface area contributed by atoms with Crippen molar-refractivity contribution in [3.63, 3.8) is 0 Å². The molecule has 0 radical (unpaired) electrons. The van der Waals surface area contributed by atoms with Crippen molar-refractivity contribution in [1.29, 1.82) is 0 Å². The Morgan fingerprint density at radius 1 is 0.362 bits per heavy atom. The van der Waals surface area contributed by atoms with Crippen LogP contribution in [-0.2, 0) is 5.88 Å². The van der Waals surface area contributed by atoms with E-state index in [1.165, 1.54) is 173 Å². The lowest BCUT2D eigenvalue weighted by molar-refractivity contribution is 0.234. The first kappa shape index (κ1) is 43.9. The second-order valence-corrected chi connectivity index (χ2v) is 14.4. The normalized spacial score (nSPS) is 11.3. The van der Waals surface area contributed by atoms with Crippen molar-refractivity contribution in [2.24, 2.45) is 0 Å². The second-order valence-electron chi connectivity index (χ2n) is 14.1. The zero-order valence-corrected chi connectivity index (χ0v) is 32.6. The maximum Gasteiger partial charge on any atom is 0.203 e. The van der Waals surface area contributed by atoms with Crippen LogP contribution in [0, 0.1) is 0 Å². The molecule has 0 saturated carbocycles. The third-order valence-corrected chi connectivity index (χ3v) is 9.80. The summed E-state index contributed by atoms with van der Waals surface area (Å²) in [5, 5.41) is 0. The van der Waals surface area contributed by atoms with Gasteiger partial charge >= 0.3 is 0 Å². The molecule has 0 aliphatic rings. The van der Waals surface area contributed by atoms with Crippen molar-refractivity contribution in [2.75, 3.05) is 19.8 Å². The molecule has 0 atom stereocenters. The van der Waals surface area contributed by atoms with Crippen LogP contribution in [0.25, 0.3) is 0 Å². The van der Waals surface area contributed by atoms with Gasteiger partial charge in [0.15, 0.2) is 11.5 Å². The van der Waals surface area contributed by atoms with Crippen molar-refractivity contribution in [3.05, 3.63) is 17.7 Å². The molecule has 1 rings (SSSR count). The van der Waals surface area contributed by atoms with Gasteiger partial charge in [-0.25, -0.2) is 0 Å². The highest BCUT2D eigenvalue weighted by Crippen LogP contribution is 2.40. The van der Waals surface area contributed by atoms with Crippen LogP contribution in [0.2, 0.25) is 0 Å². The first-order valence-corrected chi connectivity index (χ1v) is 21.4. The molecule has 1 aromatic carbocycles. The number of rotatable bonds is 37. The van der Waals surface area contributed by atoms with Gasteiger partial charge in [0.1, 0.15) is 0 Å². The summed E-state index contributed by atoms with van der Waals surface area (Å²) >= 11 is 6.34. The van der Waals surface area contributed by atoms with Crippen LogP contribution in [0.3, 0.4) is 0 Å². The molecule has 0 saturated heterocycles. The molecule has 0 spiro atoms. The average Bonchev–Trinajstić information content (AvgIpc) is 3.09. The Balaban J connectivity index is 2.54. The summed E-state index contributed by atoms with van der Waals surface area (Å²) in [5.74, 6) is 2.85. The summed E-state index contributed by atoms with van der Waals surface area (Å²) in [5.41, 5.74) is 1.04. The van der Waals surface area contributed by atoms with E-state index < -0.39 is 0 Å². The van der Waals surface area contributed by atoms with Crippen molar-refractivity contribution >= 4 is 11.6 Å². The molecular formula is C43H79ClO3. The van der Waals surface area contributed by atoms with E-state index in [4.69, 9.17) is 25.8 Å². The molecule has 0 aliphatic heterocycles. The highest BCUT2D eigenvalue weighted by Gasteiger charge is 2.16. The van der Waals surface area contributed by atoms with E-state index in [0.29, 0.717) is 12.5 Å². The summed E-state index contributed by atoms with van der Waals surface area (Å²) in [6.07, 6.45) is 39.7. The fraction of sp³-hybridized carbons (Fsp3) is 0.860. The van der Waals surface area contributed by atoms with E-state index in [-0.39, 0.29) is 0 Å². The van der Waals surface area contributed by atoms with Crippen molar-refractivity contribution in [2.45, 2.75) is 219 Å². The van der Waals surface area contributed by atoms with Gasteiger partial charge in [-0.2, -0.15) is 0 Å². The van der Waals surface area contributed by atoms with Crippen LogP contribution >= 0.6 is 11.6 Å². The molecule has 276 valence electrons. The highest BCUT2D eigenvalue weighted by atomic mass is 35.5. The summed E-state index contributed by atoms with van der Waals surface area (Å²) in [4.78, 5) is 0. The maximum atomic E-state index is 6.45. The van der Waals surface area contributed by atoms with Crippen molar-refractivity contribution in [1.82, 2.24) is 0 Å². The summed E-state index contributed by atoms with van der Waals surface area (Å²) in [6.45, 7) is 9.00. The van der Waals surface area contributed by atoms with Crippen molar-refractivity contribution in [3.8, 4) is 17.2 Å². The summed E-state index contributed by atoms with van der Waals surface area (Å²) < 4.78 is 19.2. The molecule has 4 heteroatoms. The highest BCUT2D eigenvalue weighted by molar-refractivity contribution is 6.17. The lowest BCUT2D eigenvalue weighted by atomic mass is 10.1. The number of ether oxygens (including phenoxy) is 3. The van der Waals surface area contributed by atoms with E-state index in [2.05, 4.69) is 32.9 Å². The molecule has 0 heterocycles. The molecular weight excluding hydrogens is 600 g/mol. The molecule has 0 fully saturated rings. The van der Waals surface area contributed by atoms with E-state index in [1.54, 1.807) is 0 Å². The standard InChI is InChI=1S/C43H79ClO3/c1-4-7-10-13-16-19-22-25-28-31-34-45-41-37-40(39-44)38-42(46-35-32-29-26-23-20-17-14-11-8-5-2)43(41)47-36-33-30-27-24-21-18-15-12-9-6-3/h37-38H,4-36,39H2,1-3H3. The molecule has 0 unspecified atom stereocenters. The van der Waals surface area contributed by atoms with Crippen LogP contribution in [0.4, 0.5) is 0 Å². The lowest BCUT2D eigenvalue weighted by Gasteiger charge is -2.18. The third kappa shape index (κ3) is 26.5. The fourth-order valence-electron chi connectivity index (χ4n) is 6.37. The van der Waals surface area contributed by atoms with E-state index >= 15 is 0 Å².